The normalized spacial score (nSPS) is 12.2. The van der Waals surface area contributed by atoms with Crippen molar-refractivity contribution in [1.29, 1.82) is 0 Å². The zero-order valence-corrected chi connectivity index (χ0v) is 16.8. The third-order valence-electron chi connectivity index (χ3n) is 4.60. The van der Waals surface area contributed by atoms with Gasteiger partial charge in [0.2, 0.25) is 0 Å². The van der Waals surface area contributed by atoms with Crippen LogP contribution in [0.5, 0.6) is 0 Å². The van der Waals surface area contributed by atoms with Crippen LogP contribution in [0, 0.1) is 12.8 Å². The van der Waals surface area contributed by atoms with Crippen LogP contribution < -0.4 is 5.32 Å². The topological polar surface area (TPSA) is 28.4 Å². The molecule has 0 aliphatic carbocycles. The van der Waals surface area contributed by atoms with Gasteiger partial charge in [-0.15, -0.1) is 0 Å². The lowest BCUT2D eigenvalue weighted by molar-refractivity contribution is 0.281. The number of aryl methyl sites for hydroxylation is 2. The van der Waals surface area contributed by atoms with E-state index in [4.69, 9.17) is 16.6 Å². The molecule has 0 unspecified atom stereocenters. The Balaban J connectivity index is 2.23. The van der Waals surface area contributed by atoms with Crippen molar-refractivity contribution in [3.63, 3.8) is 0 Å². The summed E-state index contributed by atoms with van der Waals surface area (Å²) in [7, 11) is 0. The molecule has 0 amide bonds. The quantitative estimate of drug-likeness (QED) is 0.619. The molecular formula is C21H30N2OS. The molecule has 1 atom stereocenters. The van der Waals surface area contributed by atoms with Crippen molar-refractivity contribution < 1.29 is 4.42 Å². The summed E-state index contributed by atoms with van der Waals surface area (Å²) in [5, 5.41) is 4.27. The summed E-state index contributed by atoms with van der Waals surface area (Å²) in [6.07, 6.45) is 3.78. The van der Waals surface area contributed by atoms with E-state index in [1.54, 1.807) is 6.26 Å². The van der Waals surface area contributed by atoms with E-state index >= 15 is 0 Å². The van der Waals surface area contributed by atoms with Crippen LogP contribution in [0.15, 0.2) is 41.0 Å². The molecule has 3 nitrogen and oxygen atoms in total. The average Bonchev–Trinajstić information content (AvgIpc) is 3.11. The number of nitrogens with zero attached hydrogens (tertiary/aromatic N) is 1. The van der Waals surface area contributed by atoms with Gasteiger partial charge >= 0.3 is 0 Å². The number of hydrogen-bond acceptors (Lipinski definition) is 2. The standard InChI is InChI=1S/C21H30N2OS/c1-6-18-10-7-9-16(4)20(18)22-21(25)23(13-12-15(2)3)17(5)19-11-8-14-24-19/h7-11,14-15,17H,6,12-13H2,1-5H3,(H,22,25)/t17-/m0/s1. The maximum absolute atomic E-state index is 5.80. The molecule has 0 saturated heterocycles. The first-order chi connectivity index (χ1) is 11.9. The lowest BCUT2D eigenvalue weighted by Gasteiger charge is -2.32. The average molecular weight is 359 g/mol. The van der Waals surface area contributed by atoms with Crippen molar-refractivity contribution in [2.75, 3.05) is 11.9 Å². The molecule has 0 fully saturated rings. The zero-order valence-electron chi connectivity index (χ0n) is 16.0. The molecule has 2 aromatic rings. The molecule has 0 aliphatic rings. The summed E-state index contributed by atoms with van der Waals surface area (Å²) in [5.41, 5.74) is 3.64. The van der Waals surface area contributed by atoms with Gasteiger partial charge in [-0.05, 0) is 68.1 Å². The molecule has 0 radical (unpaired) electrons. The maximum atomic E-state index is 5.80. The predicted octanol–water partition coefficient (Wildman–Crippen LogP) is 5.96. The van der Waals surface area contributed by atoms with Gasteiger partial charge in [0, 0.05) is 12.2 Å². The molecule has 2 rings (SSSR count). The molecule has 1 aromatic heterocycles. The van der Waals surface area contributed by atoms with Gasteiger partial charge in [0.1, 0.15) is 5.76 Å². The number of hydrogen-bond donors (Lipinski definition) is 1. The van der Waals surface area contributed by atoms with E-state index in [2.05, 4.69) is 63.0 Å². The first-order valence-corrected chi connectivity index (χ1v) is 9.54. The molecule has 0 saturated carbocycles. The number of benzene rings is 1. The van der Waals surface area contributed by atoms with Crippen LogP contribution in [0.2, 0.25) is 0 Å². The van der Waals surface area contributed by atoms with Crippen molar-refractivity contribution in [2.45, 2.75) is 53.5 Å². The summed E-state index contributed by atoms with van der Waals surface area (Å²) < 4.78 is 5.62. The van der Waals surface area contributed by atoms with E-state index in [1.165, 1.54) is 11.1 Å². The van der Waals surface area contributed by atoms with E-state index in [1.807, 2.05) is 12.1 Å². The van der Waals surface area contributed by atoms with Gasteiger partial charge in [-0.2, -0.15) is 0 Å². The van der Waals surface area contributed by atoms with Gasteiger partial charge in [-0.3, -0.25) is 0 Å². The lowest BCUT2D eigenvalue weighted by Crippen LogP contribution is -2.38. The Labute approximate surface area is 157 Å². The van der Waals surface area contributed by atoms with Gasteiger partial charge in [-0.1, -0.05) is 39.0 Å². The molecule has 4 heteroatoms. The minimum Gasteiger partial charge on any atom is -0.467 e. The third kappa shape index (κ3) is 5.08. The van der Waals surface area contributed by atoms with Crippen LogP contribution in [0.25, 0.3) is 0 Å². The lowest BCUT2D eigenvalue weighted by atomic mass is 10.1. The Morgan fingerprint density at radius 2 is 1.96 bits per heavy atom. The van der Waals surface area contributed by atoms with Crippen LogP contribution in [-0.4, -0.2) is 16.6 Å². The van der Waals surface area contributed by atoms with Crippen molar-refractivity contribution in [1.82, 2.24) is 4.90 Å². The number of rotatable bonds is 7. The van der Waals surface area contributed by atoms with Gasteiger partial charge in [-0.25, -0.2) is 0 Å². The van der Waals surface area contributed by atoms with E-state index in [9.17, 15) is 0 Å². The molecule has 1 aromatic carbocycles. The molecule has 136 valence electrons. The number of anilines is 1. The fraction of sp³-hybridized carbons (Fsp3) is 0.476. The summed E-state index contributed by atoms with van der Waals surface area (Å²) in [6.45, 7) is 11.8. The Morgan fingerprint density at radius 1 is 1.20 bits per heavy atom. The summed E-state index contributed by atoms with van der Waals surface area (Å²) in [6, 6.07) is 10.4. The van der Waals surface area contributed by atoms with Crippen LogP contribution in [0.3, 0.4) is 0 Å². The number of para-hydroxylation sites is 1. The Morgan fingerprint density at radius 3 is 2.56 bits per heavy atom. The van der Waals surface area contributed by atoms with Crippen molar-refractivity contribution in [2.24, 2.45) is 5.92 Å². The van der Waals surface area contributed by atoms with Crippen LogP contribution >= 0.6 is 12.2 Å². The number of nitrogens with one attached hydrogen (secondary N) is 1. The summed E-state index contributed by atoms with van der Waals surface area (Å²) >= 11 is 5.80. The molecule has 1 heterocycles. The Kier molecular flexibility index (Phi) is 7.06. The fourth-order valence-electron chi connectivity index (χ4n) is 2.93. The van der Waals surface area contributed by atoms with Gasteiger partial charge in [0.15, 0.2) is 5.11 Å². The monoisotopic (exact) mass is 358 g/mol. The maximum Gasteiger partial charge on any atom is 0.174 e. The predicted molar refractivity (Wildman–Crippen MR) is 110 cm³/mol. The van der Waals surface area contributed by atoms with E-state index in [0.717, 1.165) is 35.9 Å². The van der Waals surface area contributed by atoms with Crippen LogP contribution in [0.4, 0.5) is 5.69 Å². The van der Waals surface area contributed by atoms with Gasteiger partial charge < -0.3 is 14.6 Å². The second kappa shape index (κ2) is 9.04. The first-order valence-electron chi connectivity index (χ1n) is 9.13. The smallest absolute Gasteiger partial charge is 0.174 e. The van der Waals surface area contributed by atoms with Crippen LogP contribution in [0.1, 0.15) is 57.0 Å². The summed E-state index contributed by atoms with van der Waals surface area (Å²) in [5.74, 6) is 1.56. The van der Waals surface area contributed by atoms with E-state index in [0.29, 0.717) is 5.92 Å². The minimum absolute atomic E-state index is 0.0999. The molecule has 0 spiro atoms. The fourth-order valence-corrected chi connectivity index (χ4v) is 3.28. The largest absolute Gasteiger partial charge is 0.467 e. The van der Waals surface area contributed by atoms with E-state index < -0.39 is 0 Å². The molecule has 1 N–H and O–H groups in total. The second-order valence-electron chi connectivity index (χ2n) is 6.96. The zero-order chi connectivity index (χ0) is 18.4. The molecule has 25 heavy (non-hydrogen) atoms. The molecular weight excluding hydrogens is 328 g/mol. The first kappa shape index (κ1) is 19.5. The van der Waals surface area contributed by atoms with E-state index in [-0.39, 0.29) is 6.04 Å². The number of thiocarbonyl (C=S) groups is 1. The highest BCUT2D eigenvalue weighted by molar-refractivity contribution is 7.80. The second-order valence-corrected chi connectivity index (χ2v) is 7.35. The number of furan rings is 1. The van der Waals surface area contributed by atoms with Crippen LogP contribution in [-0.2, 0) is 6.42 Å². The summed E-state index contributed by atoms with van der Waals surface area (Å²) in [4.78, 5) is 2.24. The molecule has 0 aliphatic heterocycles. The third-order valence-corrected chi connectivity index (χ3v) is 4.94. The highest BCUT2D eigenvalue weighted by Crippen LogP contribution is 2.26. The Hall–Kier alpha value is -1.81. The van der Waals surface area contributed by atoms with Crippen molar-refractivity contribution in [3.8, 4) is 0 Å². The minimum atomic E-state index is 0.0999. The highest BCUT2D eigenvalue weighted by Gasteiger charge is 2.22. The molecule has 0 bridgehead atoms. The highest BCUT2D eigenvalue weighted by atomic mass is 32.1. The SMILES string of the molecule is CCc1cccc(C)c1NC(=S)N(CCC(C)C)[C@@H](C)c1ccco1. The van der Waals surface area contributed by atoms with Crippen molar-refractivity contribution >= 4 is 23.0 Å². The Bertz CT molecular complexity index is 679. The van der Waals surface area contributed by atoms with Crippen molar-refractivity contribution in [3.05, 3.63) is 53.5 Å². The van der Waals surface area contributed by atoms with Gasteiger partial charge in [0.25, 0.3) is 0 Å². The van der Waals surface area contributed by atoms with Gasteiger partial charge in [0.05, 0.1) is 12.3 Å².